The molecular weight excluding hydrogens is 332 g/mol. The van der Waals surface area contributed by atoms with Gasteiger partial charge in [0.25, 0.3) is 0 Å². The van der Waals surface area contributed by atoms with E-state index in [0.29, 0.717) is 39.3 Å². The van der Waals surface area contributed by atoms with Crippen LogP contribution in [0.15, 0.2) is 0 Å². The molecule has 0 N–H and O–H groups in total. The fourth-order valence-corrected chi connectivity index (χ4v) is 2.06. The van der Waals surface area contributed by atoms with Crippen LogP contribution in [0.3, 0.4) is 0 Å². The lowest BCUT2D eigenvalue weighted by molar-refractivity contribution is -0.175. The van der Waals surface area contributed by atoms with Gasteiger partial charge in [-0.25, -0.2) is 0 Å². The van der Waals surface area contributed by atoms with Crippen LogP contribution >= 0.6 is 0 Å². The Morgan fingerprint density at radius 3 is 1.32 bits per heavy atom. The van der Waals surface area contributed by atoms with Gasteiger partial charge in [0.05, 0.1) is 39.6 Å². The zero-order chi connectivity index (χ0) is 19.0. The molecule has 0 radical (unpaired) electrons. The number of hydrogen-bond acceptors (Lipinski definition) is 8. The molecule has 0 heterocycles. The predicted molar refractivity (Wildman–Crippen MR) is 90.3 cm³/mol. The zero-order valence-electron chi connectivity index (χ0n) is 15.8. The third kappa shape index (κ3) is 9.15. The summed E-state index contributed by atoms with van der Waals surface area (Å²) in [5.74, 6) is -1.17. The molecule has 0 unspecified atom stereocenters. The van der Waals surface area contributed by atoms with Gasteiger partial charge in [0.15, 0.2) is 5.41 Å². The van der Waals surface area contributed by atoms with Crippen LogP contribution in [-0.4, -0.2) is 79.0 Å². The molecule has 0 aromatic carbocycles. The standard InChI is InChI=1S/C17H32O8/c1-5-17(6-2,15(18)24-13-11-22-9-7-20-3)16(19)25-14-12-23-10-8-21-4/h5-14H2,1-4H3. The molecular formula is C17H32O8. The first-order valence-corrected chi connectivity index (χ1v) is 8.56. The molecule has 0 aliphatic rings. The van der Waals surface area contributed by atoms with E-state index < -0.39 is 17.4 Å². The molecule has 0 aromatic heterocycles. The van der Waals surface area contributed by atoms with Crippen molar-refractivity contribution in [1.29, 1.82) is 0 Å². The molecule has 0 amide bonds. The molecule has 0 atom stereocenters. The maximum atomic E-state index is 12.4. The summed E-state index contributed by atoms with van der Waals surface area (Å²) < 4.78 is 30.6. The van der Waals surface area contributed by atoms with Crippen molar-refractivity contribution in [2.24, 2.45) is 5.41 Å². The van der Waals surface area contributed by atoms with Gasteiger partial charge < -0.3 is 28.4 Å². The largest absolute Gasteiger partial charge is 0.462 e. The fraction of sp³-hybridized carbons (Fsp3) is 0.882. The predicted octanol–water partition coefficient (Wildman–Crippen LogP) is 1.21. The van der Waals surface area contributed by atoms with E-state index >= 15 is 0 Å². The summed E-state index contributed by atoms with van der Waals surface area (Å²) in [5.41, 5.74) is -1.29. The monoisotopic (exact) mass is 364 g/mol. The van der Waals surface area contributed by atoms with Gasteiger partial charge in [-0.05, 0) is 12.8 Å². The van der Waals surface area contributed by atoms with Crippen molar-refractivity contribution in [1.82, 2.24) is 0 Å². The van der Waals surface area contributed by atoms with E-state index in [2.05, 4.69) is 0 Å². The van der Waals surface area contributed by atoms with E-state index in [9.17, 15) is 9.59 Å². The van der Waals surface area contributed by atoms with Gasteiger partial charge in [-0.1, -0.05) is 13.8 Å². The molecule has 0 fully saturated rings. The first-order chi connectivity index (χ1) is 12.1. The van der Waals surface area contributed by atoms with Gasteiger partial charge >= 0.3 is 11.9 Å². The molecule has 0 saturated carbocycles. The van der Waals surface area contributed by atoms with E-state index in [0.717, 1.165) is 0 Å². The van der Waals surface area contributed by atoms with E-state index in [4.69, 9.17) is 28.4 Å². The Bertz CT molecular complexity index is 325. The van der Waals surface area contributed by atoms with E-state index in [1.807, 2.05) is 0 Å². The SMILES string of the molecule is CCC(CC)(C(=O)OCCOCCOC)C(=O)OCCOCCOC. The van der Waals surface area contributed by atoms with Crippen molar-refractivity contribution in [3.05, 3.63) is 0 Å². The van der Waals surface area contributed by atoms with Crippen molar-refractivity contribution in [2.75, 3.05) is 67.1 Å². The first-order valence-electron chi connectivity index (χ1n) is 8.56. The van der Waals surface area contributed by atoms with Crippen molar-refractivity contribution >= 4 is 11.9 Å². The van der Waals surface area contributed by atoms with Gasteiger partial charge in [0.1, 0.15) is 13.2 Å². The summed E-state index contributed by atoms with van der Waals surface area (Å²) >= 11 is 0. The number of rotatable bonds is 16. The number of carbonyl (C=O) groups excluding carboxylic acids is 2. The Hall–Kier alpha value is -1.22. The molecule has 8 nitrogen and oxygen atoms in total. The van der Waals surface area contributed by atoms with E-state index in [1.165, 1.54) is 0 Å². The maximum Gasteiger partial charge on any atom is 0.323 e. The third-order valence-corrected chi connectivity index (χ3v) is 3.77. The summed E-state index contributed by atoms with van der Waals surface area (Å²) in [6.07, 6.45) is 0.604. The van der Waals surface area contributed by atoms with Gasteiger partial charge in [-0.3, -0.25) is 9.59 Å². The van der Waals surface area contributed by atoms with Crippen molar-refractivity contribution in [3.63, 3.8) is 0 Å². The second-order valence-electron chi connectivity index (χ2n) is 5.27. The number of esters is 2. The lowest BCUT2D eigenvalue weighted by Crippen LogP contribution is -2.42. The molecule has 0 spiro atoms. The van der Waals surface area contributed by atoms with Crippen LogP contribution in [0.25, 0.3) is 0 Å². The normalized spacial score (nSPS) is 11.4. The average molecular weight is 364 g/mol. The summed E-state index contributed by atoms with van der Waals surface area (Å²) in [6.45, 7) is 5.97. The number of ether oxygens (including phenoxy) is 6. The molecule has 25 heavy (non-hydrogen) atoms. The first kappa shape index (κ1) is 23.8. The van der Waals surface area contributed by atoms with Crippen LogP contribution < -0.4 is 0 Å². The highest BCUT2D eigenvalue weighted by molar-refractivity contribution is 5.99. The molecule has 8 heteroatoms. The lowest BCUT2D eigenvalue weighted by Gasteiger charge is -2.26. The van der Waals surface area contributed by atoms with Crippen LogP contribution in [0, 0.1) is 5.41 Å². The maximum absolute atomic E-state index is 12.4. The Kier molecular flexibility index (Phi) is 14.3. The Morgan fingerprint density at radius 2 is 1.00 bits per heavy atom. The average Bonchev–Trinajstić information content (AvgIpc) is 2.62. The number of hydrogen-bond donors (Lipinski definition) is 0. The fourth-order valence-electron chi connectivity index (χ4n) is 2.06. The smallest absolute Gasteiger partial charge is 0.323 e. The van der Waals surface area contributed by atoms with E-state index in [1.54, 1.807) is 28.1 Å². The Morgan fingerprint density at radius 1 is 0.640 bits per heavy atom. The summed E-state index contributed by atoms with van der Waals surface area (Å²) in [6, 6.07) is 0. The Labute approximate surface area is 150 Å². The van der Waals surface area contributed by atoms with Crippen LogP contribution in [0.1, 0.15) is 26.7 Å². The van der Waals surface area contributed by atoms with Crippen LogP contribution in [0.2, 0.25) is 0 Å². The second kappa shape index (κ2) is 15.1. The number of methoxy groups -OCH3 is 2. The minimum absolute atomic E-state index is 0.0811. The van der Waals surface area contributed by atoms with Gasteiger partial charge in [0, 0.05) is 14.2 Å². The molecule has 148 valence electrons. The van der Waals surface area contributed by atoms with Gasteiger partial charge in [-0.2, -0.15) is 0 Å². The van der Waals surface area contributed by atoms with Crippen LogP contribution in [0.5, 0.6) is 0 Å². The molecule has 0 saturated heterocycles. The minimum atomic E-state index is -1.29. The lowest BCUT2D eigenvalue weighted by atomic mass is 9.82. The quantitative estimate of drug-likeness (QED) is 0.229. The third-order valence-electron chi connectivity index (χ3n) is 3.77. The van der Waals surface area contributed by atoms with Crippen molar-refractivity contribution in [2.45, 2.75) is 26.7 Å². The van der Waals surface area contributed by atoms with Crippen LogP contribution in [-0.2, 0) is 38.0 Å². The molecule has 0 aromatic rings. The molecule has 0 aliphatic carbocycles. The summed E-state index contributed by atoms with van der Waals surface area (Å²) in [7, 11) is 3.16. The van der Waals surface area contributed by atoms with Crippen molar-refractivity contribution < 1.29 is 38.0 Å². The molecule has 0 rings (SSSR count). The zero-order valence-corrected chi connectivity index (χ0v) is 15.8. The van der Waals surface area contributed by atoms with Crippen molar-refractivity contribution in [3.8, 4) is 0 Å². The Balaban J connectivity index is 4.30. The molecule has 0 bridgehead atoms. The van der Waals surface area contributed by atoms with Gasteiger partial charge in [0.2, 0.25) is 0 Å². The number of carbonyl (C=O) groups is 2. The second-order valence-corrected chi connectivity index (χ2v) is 5.27. The summed E-state index contributed by atoms with van der Waals surface area (Å²) in [4.78, 5) is 24.8. The summed E-state index contributed by atoms with van der Waals surface area (Å²) in [5, 5.41) is 0. The van der Waals surface area contributed by atoms with Gasteiger partial charge in [-0.15, -0.1) is 0 Å². The van der Waals surface area contributed by atoms with Crippen LogP contribution in [0.4, 0.5) is 0 Å². The van der Waals surface area contributed by atoms with E-state index in [-0.39, 0.29) is 26.4 Å². The topological polar surface area (TPSA) is 89.5 Å². The highest BCUT2D eigenvalue weighted by atomic mass is 16.6. The highest BCUT2D eigenvalue weighted by Gasteiger charge is 2.45. The highest BCUT2D eigenvalue weighted by Crippen LogP contribution is 2.30. The molecule has 0 aliphatic heterocycles. The minimum Gasteiger partial charge on any atom is -0.462 e.